The molecule has 0 unspecified atom stereocenters. The minimum absolute atomic E-state index is 0.122. The minimum Gasteiger partial charge on any atom is -0.313 e. The Kier molecular flexibility index (Phi) is 8.11. The summed E-state index contributed by atoms with van der Waals surface area (Å²) in [5.74, 6) is 0.711. The Morgan fingerprint density at radius 2 is 1.25 bits per heavy atom. The second kappa shape index (κ2) is 13.0. The van der Waals surface area contributed by atoms with Gasteiger partial charge in [0.15, 0.2) is 5.84 Å². The van der Waals surface area contributed by atoms with E-state index in [0.29, 0.717) is 5.84 Å². The summed E-state index contributed by atoms with van der Waals surface area (Å²) >= 11 is 0. The third kappa shape index (κ3) is 6.04. The fourth-order valence-corrected chi connectivity index (χ4v) is 8.41. The number of hydrogen-bond donors (Lipinski definition) is 0. The smallest absolute Gasteiger partial charge is 0.160 e. The Bertz CT molecular complexity index is 2580. The van der Waals surface area contributed by atoms with Gasteiger partial charge in [0.05, 0.1) is 22.4 Å². The largest absolute Gasteiger partial charge is 0.313 e. The van der Waals surface area contributed by atoms with Gasteiger partial charge in [-0.25, -0.2) is 9.98 Å². The van der Waals surface area contributed by atoms with Crippen LogP contribution < -0.4 is 0 Å². The van der Waals surface area contributed by atoms with E-state index in [-0.39, 0.29) is 10.8 Å². The standard InChI is InChI=1S/C50H45N3/c1-49(2)30-31-50(3,4)43-32-38(27-29-42(43)49)45-20-13-19-44(51-48(52-45)36-14-7-5-8-15-36)35-24-22-34(23-25-35)37-26-28-41-40-18-11-12-21-46(40)53(47(41)33-37)39-16-9-6-10-17-39/h5-9,11-16,18-29,32-33H,10,17,30-31H2,1-4H3/b19-13+,20-13?,44-19?,45-20?,51-44?,51-48?,52-45?,52-48?. The lowest BCUT2D eigenvalue weighted by atomic mass is 9.63. The van der Waals surface area contributed by atoms with E-state index in [0.717, 1.165) is 40.9 Å². The molecule has 0 amide bonds. The number of allylic oxidation sites excluding steroid dienone is 7. The number of rotatable bonds is 5. The summed E-state index contributed by atoms with van der Waals surface area (Å²) in [4.78, 5) is 10.5. The molecule has 0 bridgehead atoms. The lowest BCUT2D eigenvalue weighted by Gasteiger charge is -2.42. The first-order valence-corrected chi connectivity index (χ1v) is 19.0. The molecule has 0 radical (unpaired) electrons. The number of amidine groups is 1. The quantitative estimate of drug-likeness (QED) is 0.173. The van der Waals surface area contributed by atoms with Crippen molar-refractivity contribution in [3.63, 3.8) is 0 Å². The Morgan fingerprint density at radius 3 is 2.04 bits per heavy atom. The molecular weight excluding hydrogens is 643 g/mol. The molecule has 2 heterocycles. The molecule has 0 saturated carbocycles. The van der Waals surface area contributed by atoms with E-state index in [1.54, 1.807) is 0 Å². The lowest BCUT2D eigenvalue weighted by Crippen LogP contribution is -2.33. The predicted octanol–water partition coefficient (Wildman–Crippen LogP) is 12.8. The molecular formula is C50H45N3. The average Bonchev–Trinajstić information content (AvgIpc) is 3.51. The van der Waals surface area contributed by atoms with Crippen LogP contribution in [0, 0.1) is 0 Å². The Labute approximate surface area is 313 Å². The Morgan fingerprint density at radius 1 is 0.547 bits per heavy atom. The van der Waals surface area contributed by atoms with E-state index >= 15 is 0 Å². The molecule has 6 aromatic rings. The summed E-state index contributed by atoms with van der Waals surface area (Å²) < 4.78 is 2.46. The summed E-state index contributed by atoms with van der Waals surface area (Å²) in [6.07, 6.45) is 17.5. The van der Waals surface area contributed by atoms with Crippen LogP contribution in [0.2, 0.25) is 0 Å². The Balaban J connectivity index is 1.08. The zero-order chi connectivity index (χ0) is 36.2. The highest BCUT2D eigenvalue weighted by Crippen LogP contribution is 2.46. The van der Waals surface area contributed by atoms with Gasteiger partial charge in [0, 0.05) is 33.2 Å². The van der Waals surface area contributed by atoms with Crippen molar-refractivity contribution in [3.8, 4) is 11.1 Å². The third-order valence-electron chi connectivity index (χ3n) is 11.6. The highest BCUT2D eigenvalue weighted by atomic mass is 15.0. The van der Waals surface area contributed by atoms with Gasteiger partial charge < -0.3 is 4.57 Å². The van der Waals surface area contributed by atoms with E-state index in [9.17, 15) is 0 Å². The molecule has 3 heteroatoms. The Hall–Kier alpha value is -5.80. The molecule has 260 valence electrons. The number of benzene rings is 5. The molecule has 0 saturated heterocycles. The van der Waals surface area contributed by atoms with Gasteiger partial charge in [-0.3, -0.25) is 0 Å². The number of aromatic nitrogens is 1. The van der Waals surface area contributed by atoms with Crippen molar-refractivity contribution >= 4 is 44.7 Å². The normalized spacial score (nSPS) is 18.3. The molecule has 0 N–H and O–H groups in total. The molecule has 3 nitrogen and oxygen atoms in total. The van der Waals surface area contributed by atoms with Crippen LogP contribution >= 0.6 is 0 Å². The minimum atomic E-state index is 0.122. The highest BCUT2D eigenvalue weighted by molar-refractivity contribution is 6.18. The molecule has 53 heavy (non-hydrogen) atoms. The van der Waals surface area contributed by atoms with Crippen LogP contribution in [0.5, 0.6) is 0 Å². The molecule has 0 fully saturated rings. The SMILES string of the molecule is CC1(C)CCC(C)(C)c2cc(C3=C/C=C/C(c4ccc(-c5ccc6c7ccccc7n(C7=CC=CCC7)c6c5)cc4)=NC(c4ccccc4)=N3)ccc21. The summed E-state index contributed by atoms with van der Waals surface area (Å²) in [7, 11) is 0. The topological polar surface area (TPSA) is 29.6 Å². The van der Waals surface area contributed by atoms with Crippen LogP contribution in [0.3, 0.4) is 0 Å². The number of nitrogens with zero attached hydrogens (tertiary/aromatic N) is 3. The van der Waals surface area contributed by atoms with Crippen LogP contribution in [0.25, 0.3) is 44.3 Å². The van der Waals surface area contributed by atoms with Gasteiger partial charge >= 0.3 is 0 Å². The monoisotopic (exact) mass is 687 g/mol. The third-order valence-corrected chi connectivity index (χ3v) is 11.6. The van der Waals surface area contributed by atoms with Crippen LogP contribution in [-0.4, -0.2) is 16.1 Å². The molecule has 1 aliphatic heterocycles. The van der Waals surface area contributed by atoms with Crippen molar-refractivity contribution in [2.75, 3.05) is 0 Å². The number of fused-ring (bicyclic) bond motifs is 4. The van der Waals surface area contributed by atoms with Crippen molar-refractivity contribution in [1.82, 2.24) is 4.57 Å². The van der Waals surface area contributed by atoms with Gasteiger partial charge in [-0.15, -0.1) is 0 Å². The molecule has 0 atom stereocenters. The number of hydrogen-bond acceptors (Lipinski definition) is 2. The summed E-state index contributed by atoms with van der Waals surface area (Å²) in [6, 6.07) is 41.8. The fourth-order valence-electron chi connectivity index (χ4n) is 8.41. The van der Waals surface area contributed by atoms with Crippen molar-refractivity contribution in [2.24, 2.45) is 9.98 Å². The van der Waals surface area contributed by atoms with Crippen molar-refractivity contribution in [2.45, 2.75) is 64.2 Å². The van der Waals surface area contributed by atoms with Crippen molar-refractivity contribution in [1.29, 1.82) is 0 Å². The number of para-hydroxylation sites is 1. The summed E-state index contributed by atoms with van der Waals surface area (Å²) in [5.41, 5.74) is 14.4. The lowest BCUT2D eigenvalue weighted by molar-refractivity contribution is 0.332. The zero-order valence-electron chi connectivity index (χ0n) is 31.1. The van der Waals surface area contributed by atoms with Crippen LogP contribution in [0.15, 0.2) is 162 Å². The number of aliphatic imine (C=N–C) groups is 2. The van der Waals surface area contributed by atoms with E-state index in [4.69, 9.17) is 9.98 Å². The maximum absolute atomic E-state index is 5.27. The molecule has 0 spiro atoms. The van der Waals surface area contributed by atoms with Crippen LogP contribution in [0.1, 0.15) is 81.2 Å². The fraction of sp³-hybridized carbons (Fsp3) is 0.200. The second-order valence-corrected chi connectivity index (χ2v) is 16.0. The second-order valence-electron chi connectivity index (χ2n) is 16.0. The van der Waals surface area contributed by atoms with E-state index in [1.807, 2.05) is 6.07 Å². The van der Waals surface area contributed by atoms with Crippen LogP contribution in [-0.2, 0) is 10.8 Å². The zero-order valence-corrected chi connectivity index (χ0v) is 31.1. The van der Waals surface area contributed by atoms with Crippen LogP contribution in [0.4, 0.5) is 0 Å². The van der Waals surface area contributed by atoms with E-state index < -0.39 is 0 Å². The van der Waals surface area contributed by atoms with Gasteiger partial charge in [-0.2, -0.15) is 0 Å². The predicted molar refractivity (Wildman–Crippen MR) is 226 cm³/mol. The van der Waals surface area contributed by atoms with Crippen molar-refractivity contribution < 1.29 is 0 Å². The van der Waals surface area contributed by atoms with Gasteiger partial charge in [-0.05, 0) is 95.2 Å². The highest BCUT2D eigenvalue weighted by Gasteiger charge is 2.37. The van der Waals surface area contributed by atoms with Gasteiger partial charge in [-0.1, -0.05) is 143 Å². The average molecular weight is 688 g/mol. The first-order chi connectivity index (χ1) is 25.7. The van der Waals surface area contributed by atoms with Gasteiger partial charge in [0.2, 0.25) is 0 Å². The van der Waals surface area contributed by atoms with Gasteiger partial charge in [0.1, 0.15) is 0 Å². The first kappa shape index (κ1) is 33.1. The van der Waals surface area contributed by atoms with Gasteiger partial charge in [0.25, 0.3) is 0 Å². The molecule has 5 aromatic carbocycles. The maximum atomic E-state index is 5.27. The maximum Gasteiger partial charge on any atom is 0.160 e. The molecule has 1 aromatic heterocycles. The molecule has 2 aliphatic carbocycles. The first-order valence-electron chi connectivity index (χ1n) is 19.0. The van der Waals surface area contributed by atoms with E-state index in [1.165, 1.54) is 62.6 Å². The molecule has 9 rings (SSSR count). The van der Waals surface area contributed by atoms with Crippen molar-refractivity contribution in [3.05, 3.63) is 180 Å². The summed E-state index contributed by atoms with van der Waals surface area (Å²) in [6.45, 7) is 9.50. The molecule has 3 aliphatic rings. The summed E-state index contributed by atoms with van der Waals surface area (Å²) in [5, 5.41) is 2.58. The van der Waals surface area contributed by atoms with E-state index in [2.05, 4.69) is 178 Å².